The molecule has 0 saturated heterocycles. The summed E-state index contributed by atoms with van der Waals surface area (Å²) in [5, 5.41) is 27.0. The highest BCUT2D eigenvalue weighted by Gasteiger charge is 2.26. The highest BCUT2D eigenvalue weighted by Crippen LogP contribution is 2.33. The summed E-state index contributed by atoms with van der Waals surface area (Å²) >= 11 is 31.0. The van der Waals surface area contributed by atoms with Crippen molar-refractivity contribution in [2.24, 2.45) is 20.5 Å². The molecule has 16 nitrogen and oxygen atoms in total. The molecule has 5 aromatic rings. The predicted octanol–water partition coefficient (Wildman–Crippen LogP) is 11.9. The molecule has 0 spiro atoms. The summed E-state index contributed by atoms with van der Waals surface area (Å²) in [5.41, 5.74) is 3.26. The molecule has 68 heavy (non-hydrogen) atoms. The van der Waals surface area contributed by atoms with Gasteiger partial charge in [0.05, 0.1) is 34.6 Å². The van der Waals surface area contributed by atoms with Crippen molar-refractivity contribution in [1.29, 1.82) is 0 Å². The van der Waals surface area contributed by atoms with Crippen molar-refractivity contribution in [2.75, 3.05) is 34.5 Å². The van der Waals surface area contributed by atoms with Crippen molar-refractivity contribution in [2.45, 2.75) is 57.4 Å². The first-order chi connectivity index (χ1) is 32.6. The van der Waals surface area contributed by atoms with Crippen LogP contribution >= 0.6 is 58.0 Å². The molecule has 0 aliphatic heterocycles. The van der Waals surface area contributed by atoms with E-state index in [9.17, 15) is 28.8 Å². The smallest absolute Gasteiger partial charge is 0.258 e. The van der Waals surface area contributed by atoms with Gasteiger partial charge in [0.25, 0.3) is 23.6 Å². The first kappa shape index (κ1) is 52.5. The lowest BCUT2D eigenvalue weighted by Crippen LogP contribution is -2.32. The molecule has 0 aliphatic rings. The third kappa shape index (κ3) is 14.1. The number of rotatable bonds is 21. The van der Waals surface area contributed by atoms with E-state index in [2.05, 4.69) is 41.7 Å². The van der Waals surface area contributed by atoms with Crippen molar-refractivity contribution in [3.63, 3.8) is 0 Å². The van der Waals surface area contributed by atoms with Gasteiger partial charge in [-0.1, -0.05) is 35.3 Å². The Morgan fingerprint density at radius 2 is 0.985 bits per heavy atom. The molecule has 21 heteroatoms. The van der Waals surface area contributed by atoms with Crippen molar-refractivity contribution in [3.8, 4) is 11.5 Å². The number of benzene rings is 5. The second kappa shape index (κ2) is 25.1. The molecule has 5 rings (SSSR count). The van der Waals surface area contributed by atoms with Gasteiger partial charge in [-0.05, 0) is 123 Å². The minimum atomic E-state index is -1.65. The molecule has 0 aliphatic carbocycles. The molecule has 0 saturated carbocycles. The maximum atomic E-state index is 13.5. The second-order valence-electron chi connectivity index (χ2n) is 14.5. The number of ether oxygens (including phenoxy) is 2. The molecule has 0 bridgehead atoms. The van der Waals surface area contributed by atoms with E-state index >= 15 is 0 Å². The van der Waals surface area contributed by atoms with E-state index in [1.54, 1.807) is 36.4 Å². The Hall–Kier alpha value is -6.43. The monoisotopic (exact) mass is 1020 g/mol. The fraction of sp³-hybridized carbons (Fsp3) is 0.234. The normalized spacial score (nSPS) is 12.0. The van der Waals surface area contributed by atoms with E-state index in [-0.39, 0.29) is 61.6 Å². The molecule has 2 unspecified atom stereocenters. The van der Waals surface area contributed by atoms with Gasteiger partial charge in [0.15, 0.2) is 11.6 Å². The summed E-state index contributed by atoms with van der Waals surface area (Å²) < 4.78 is 11.3. The van der Waals surface area contributed by atoms with Crippen LogP contribution in [0.1, 0.15) is 65.1 Å². The molecule has 354 valence electrons. The van der Waals surface area contributed by atoms with Gasteiger partial charge in [0.2, 0.25) is 12.1 Å². The number of carbonyl (C=O) groups excluding carboxylic acids is 6. The van der Waals surface area contributed by atoms with Crippen molar-refractivity contribution in [1.82, 2.24) is 0 Å². The average Bonchev–Trinajstić information content (AvgIpc) is 3.31. The number of halogens is 5. The summed E-state index contributed by atoms with van der Waals surface area (Å²) in [6.45, 7) is 6.63. The molecular formula is C47H43Cl5N8O8. The lowest BCUT2D eigenvalue weighted by molar-refractivity contribution is -0.127. The molecule has 4 N–H and O–H groups in total. The van der Waals surface area contributed by atoms with E-state index < -0.39 is 47.3 Å². The number of amides is 4. The van der Waals surface area contributed by atoms with Gasteiger partial charge in [-0.25, -0.2) is 0 Å². The highest BCUT2D eigenvalue weighted by atomic mass is 35.5. The summed E-state index contributed by atoms with van der Waals surface area (Å²) in [6.07, 6.45) is 0. The van der Waals surface area contributed by atoms with Crippen LogP contribution in [0.2, 0.25) is 10.0 Å². The molecule has 0 radical (unpaired) electrons. The number of Topliss-reactive ketones (excluding diaryl/α,β-unsaturated/α-hetero) is 2. The van der Waals surface area contributed by atoms with E-state index in [0.717, 1.165) is 25.0 Å². The number of nitrogens with one attached hydrogen (secondary N) is 4. The Bertz CT molecular complexity index is 2790. The van der Waals surface area contributed by atoms with Crippen LogP contribution in [0.5, 0.6) is 11.5 Å². The third-order valence-electron chi connectivity index (χ3n) is 9.51. The number of hydrogen-bond acceptors (Lipinski definition) is 12. The zero-order valence-corrected chi connectivity index (χ0v) is 40.6. The van der Waals surface area contributed by atoms with Crippen LogP contribution < -0.4 is 30.7 Å². The Morgan fingerprint density at radius 1 is 0.529 bits per heavy atom. The average molecular weight is 1030 g/mol. The van der Waals surface area contributed by atoms with Gasteiger partial charge >= 0.3 is 0 Å². The molecule has 0 heterocycles. The molecule has 4 amide bonds. The first-order valence-electron chi connectivity index (χ1n) is 20.6. The summed E-state index contributed by atoms with van der Waals surface area (Å²) in [7, 11) is 0. The van der Waals surface area contributed by atoms with Crippen LogP contribution in [0.4, 0.5) is 34.1 Å². The van der Waals surface area contributed by atoms with E-state index in [1.807, 2.05) is 13.8 Å². The van der Waals surface area contributed by atoms with E-state index in [0.29, 0.717) is 41.7 Å². The molecule has 0 fully saturated rings. The zero-order valence-electron chi connectivity index (χ0n) is 36.8. The highest BCUT2D eigenvalue weighted by molar-refractivity contribution is 6.33. The Kier molecular flexibility index (Phi) is 19.4. The van der Waals surface area contributed by atoms with Crippen LogP contribution in [0.15, 0.2) is 111 Å². The molecule has 2 atom stereocenters. The largest absolute Gasteiger partial charge is 0.492 e. The van der Waals surface area contributed by atoms with Crippen LogP contribution in [-0.4, -0.2) is 60.5 Å². The van der Waals surface area contributed by atoms with Gasteiger partial charge in [-0.3, -0.25) is 28.8 Å². The SMILES string of the molecule is CCOc1ccc(CCl)cc1NC(=O)c1ccc(Cl)c(N=NC(C(C)=O)C(=O)Nc2ccc(NC(=O)C(N=Nc3cc(C(=O)Nc4cc(CCl)ccc4OCC)ccc3Cl)C(C)=O)c(CCl)c2)c1. The molecule has 5 aromatic carbocycles. The second-order valence-corrected chi connectivity index (χ2v) is 16.1. The van der Waals surface area contributed by atoms with E-state index in [1.165, 1.54) is 54.6 Å². The number of carbonyl (C=O) groups is 6. The minimum absolute atomic E-state index is 0.00390. The lowest BCUT2D eigenvalue weighted by Gasteiger charge is -2.15. The summed E-state index contributed by atoms with van der Waals surface area (Å²) in [6, 6.07) is 19.8. The topological polar surface area (TPSA) is 218 Å². The summed E-state index contributed by atoms with van der Waals surface area (Å²) in [4.78, 5) is 78.8. The summed E-state index contributed by atoms with van der Waals surface area (Å²) in [5.74, 6) is -2.98. The lowest BCUT2D eigenvalue weighted by atomic mass is 10.1. The van der Waals surface area contributed by atoms with Crippen LogP contribution in [-0.2, 0) is 36.8 Å². The van der Waals surface area contributed by atoms with Gasteiger partial charge in [0, 0.05) is 40.1 Å². The van der Waals surface area contributed by atoms with Gasteiger partial charge in [-0.2, -0.15) is 20.5 Å². The number of anilines is 4. The predicted molar refractivity (Wildman–Crippen MR) is 264 cm³/mol. The molecule has 0 aromatic heterocycles. The van der Waals surface area contributed by atoms with Crippen molar-refractivity contribution in [3.05, 3.63) is 129 Å². The number of hydrogen-bond donors (Lipinski definition) is 4. The third-order valence-corrected chi connectivity index (χ3v) is 11.1. The molecular weight excluding hydrogens is 982 g/mol. The quantitative estimate of drug-likeness (QED) is 0.0314. The number of ketones is 2. The standard InChI is InChI=1S/C47H43Cl5N8O8/c1-5-67-40-15-7-27(22-48)17-38(40)55-44(63)29-9-12-33(51)36(20-29)57-59-42(25(3)61)46(65)53-32-11-14-35(31(19-32)24-50)54-47(66)43(26(4)62)60-58-37-21-30(10-13-34(37)52)45(64)56-39-18-28(23-49)8-16-41(39)68-6-2/h7-21,42-43H,5-6,22-24H2,1-4H3,(H,53,65)(H,54,66)(H,55,63)(H,56,64). The Morgan fingerprint density at radius 3 is 1.40 bits per heavy atom. The van der Waals surface area contributed by atoms with Gasteiger partial charge < -0.3 is 30.7 Å². The van der Waals surface area contributed by atoms with Gasteiger partial charge in [-0.15, -0.1) is 34.8 Å². The van der Waals surface area contributed by atoms with Crippen molar-refractivity contribution >= 4 is 127 Å². The van der Waals surface area contributed by atoms with Crippen LogP contribution in [0.25, 0.3) is 0 Å². The van der Waals surface area contributed by atoms with Crippen LogP contribution in [0.3, 0.4) is 0 Å². The fourth-order valence-corrected chi connectivity index (χ4v) is 6.99. The van der Waals surface area contributed by atoms with E-state index in [4.69, 9.17) is 67.5 Å². The number of azo groups is 2. The Labute approximate surface area is 416 Å². The maximum absolute atomic E-state index is 13.5. The zero-order chi connectivity index (χ0) is 49.5. The minimum Gasteiger partial charge on any atom is -0.492 e. The number of nitrogens with zero attached hydrogens (tertiary/aromatic N) is 4. The number of alkyl halides is 3. The van der Waals surface area contributed by atoms with Gasteiger partial charge in [0.1, 0.15) is 22.9 Å². The maximum Gasteiger partial charge on any atom is 0.258 e. The first-order valence-corrected chi connectivity index (χ1v) is 22.9. The fourth-order valence-electron chi connectivity index (χ4n) is 6.12. The van der Waals surface area contributed by atoms with Crippen molar-refractivity contribution < 1.29 is 38.2 Å². The van der Waals surface area contributed by atoms with Crippen LogP contribution in [0, 0.1) is 0 Å². The Balaban J connectivity index is 1.27.